The number of carbonyl (C=O) groups excluding carboxylic acids is 1. The monoisotopic (exact) mass is 537 g/mol. The minimum atomic E-state index is -1.76. The van der Waals surface area contributed by atoms with E-state index in [9.17, 15) is 9.90 Å². The average molecular weight is 538 g/mol. The third-order valence-corrected chi connectivity index (χ3v) is 10.1. The molecule has 0 spiro atoms. The van der Waals surface area contributed by atoms with Crippen molar-refractivity contribution in [2.75, 3.05) is 27.2 Å². The number of hydrogen-bond donors (Lipinski definition) is 1. The van der Waals surface area contributed by atoms with Crippen molar-refractivity contribution in [1.82, 2.24) is 0 Å². The summed E-state index contributed by atoms with van der Waals surface area (Å²) < 4.78 is 13.0. The van der Waals surface area contributed by atoms with Crippen molar-refractivity contribution in [2.45, 2.75) is 43.4 Å². The zero-order valence-corrected chi connectivity index (χ0v) is 22.8. The minimum Gasteiger partial charge on any atom is -0.493 e. The summed E-state index contributed by atoms with van der Waals surface area (Å²) in [5, 5.41) is 24.4. The van der Waals surface area contributed by atoms with Crippen LogP contribution in [0.3, 0.4) is 0 Å². The summed E-state index contributed by atoms with van der Waals surface area (Å²) in [6.07, 6.45) is 3.89. The van der Waals surface area contributed by atoms with Crippen LogP contribution in [0.1, 0.15) is 41.0 Å². The number of rotatable bonds is 10. The first kappa shape index (κ1) is 25.9. The van der Waals surface area contributed by atoms with Crippen LogP contribution in [0.4, 0.5) is 0 Å². The van der Waals surface area contributed by atoms with Crippen LogP contribution in [0.5, 0.6) is 5.75 Å². The lowest BCUT2D eigenvalue weighted by molar-refractivity contribution is -0.918. The predicted molar refractivity (Wildman–Crippen MR) is 144 cm³/mol. The van der Waals surface area contributed by atoms with E-state index >= 15 is 0 Å². The molecule has 0 aliphatic heterocycles. The van der Waals surface area contributed by atoms with Gasteiger partial charge in [-0.2, -0.15) is 5.26 Å². The molecule has 0 radical (unpaired) electrons. The quantitative estimate of drug-likeness (QED) is 0.219. The van der Waals surface area contributed by atoms with Crippen molar-refractivity contribution in [3.05, 3.63) is 74.6 Å². The number of hydrogen-bond acceptors (Lipinski definition) is 7. The highest BCUT2D eigenvalue weighted by Crippen LogP contribution is 2.50. The molecule has 2 aliphatic carbocycles. The van der Waals surface area contributed by atoms with Crippen LogP contribution in [0.15, 0.2) is 59.3 Å². The lowest BCUT2D eigenvalue weighted by Gasteiger charge is -2.40. The third-order valence-electron chi connectivity index (χ3n) is 8.12. The van der Waals surface area contributed by atoms with Crippen molar-refractivity contribution >= 4 is 28.6 Å². The number of thiophene rings is 2. The Balaban J connectivity index is 1.21. The Morgan fingerprint density at radius 2 is 1.78 bits per heavy atom. The molecule has 2 saturated carbocycles. The molecule has 2 aromatic heterocycles. The Kier molecular flexibility index (Phi) is 7.42. The Morgan fingerprint density at radius 3 is 2.38 bits per heavy atom. The highest BCUT2D eigenvalue weighted by atomic mass is 32.1. The number of ether oxygens (including phenoxy) is 2. The molecule has 1 N–H and O–H groups in total. The smallest absolute Gasteiger partial charge is 0.349 e. The van der Waals surface area contributed by atoms with Crippen LogP contribution in [0.25, 0.3) is 0 Å². The molecule has 0 saturated heterocycles. The fourth-order valence-corrected chi connectivity index (χ4v) is 7.89. The van der Waals surface area contributed by atoms with Gasteiger partial charge in [-0.15, -0.1) is 22.7 Å². The van der Waals surface area contributed by atoms with Crippen LogP contribution in [-0.4, -0.2) is 55.0 Å². The van der Waals surface area contributed by atoms with Gasteiger partial charge in [0, 0.05) is 24.7 Å². The topological polar surface area (TPSA) is 79.5 Å². The maximum Gasteiger partial charge on any atom is 0.349 e. The van der Waals surface area contributed by atoms with Gasteiger partial charge < -0.3 is 19.1 Å². The van der Waals surface area contributed by atoms with Crippen molar-refractivity contribution < 1.29 is 23.9 Å². The predicted octanol–water partition coefficient (Wildman–Crippen LogP) is 5.17. The van der Waals surface area contributed by atoms with Gasteiger partial charge in [-0.05, 0) is 60.0 Å². The molecule has 3 unspecified atom stereocenters. The molecule has 37 heavy (non-hydrogen) atoms. The first-order valence-corrected chi connectivity index (χ1v) is 14.6. The molecule has 2 aliphatic rings. The largest absolute Gasteiger partial charge is 0.493 e. The van der Waals surface area contributed by atoms with Crippen molar-refractivity contribution in [3.63, 3.8) is 0 Å². The van der Waals surface area contributed by atoms with Crippen LogP contribution in [0, 0.1) is 23.2 Å². The number of carbonyl (C=O) groups is 1. The number of benzene rings is 1. The zero-order valence-electron chi connectivity index (χ0n) is 21.2. The molecule has 2 heterocycles. The fourth-order valence-electron chi connectivity index (χ4n) is 6.17. The first-order valence-electron chi connectivity index (χ1n) is 12.8. The van der Waals surface area contributed by atoms with Crippen LogP contribution >= 0.6 is 22.7 Å². The third kappa shape index (κ3) is 5.06. The molecule has 2 bridgehead atoms. The van der Waals surface area contributed by atoms with Gasteiger partial charge in [-0.25, -0.2) is 4.79 Å². The van der Waals surface area contributed by atoms with Crippen molar-refractivity contribution in [3.8, 4) is 11.8 Å². The molecule has 3 aromatic rings. The van der Waals surface area contributed by atoms with E-state index in [1.54, 1.807) is 24.3 Å². The molecule has 0 amide bonds. The lowest BCUT2D eigenvalue weighted by Crippen LogP contribution is -2.53. The van der Waals surface area contributed by atoms with Gasteiger partial charge >= 0.3 is 5.97 Å². The molecule has 2 fully saturated rings. The molecular weight excluding hydrogens is 504 g/mol. The highest BCUT2D eigenvalue weighted by Gasteiger charge is 2.57. The Bertz CT molecular complexity index is 1200. The van der Waals surface area contributed by atoms with Gasteiger partial charge in [0.05, 0.1) is 54.7 Å². The number of nitriles is 1. The summed E-state index contributed by atoms with van der Waals surface area (Å²) in [6.45, 7) is 1.57. The summed E-state index contributed by atoms with van der Waals surface area (Å²) in [7, 11) is 4.53. The summed E-state index contributed by atoms with van der Waals surface area (Å²) in [5.41, 5.74) is -1.13. The van der Waals surface area contributed by atoms with E-state index in [0.717, 1.165) is 42.5 Å². The van der Waals surface area contributed by atoms with E-state index in [-0.39, 0.29) is 6.10 Å². The Hall–Kier alpha value is -2.70. The summed E-state index contributed by atoms with van der Waals surface area (Å²) in [6, 6.07) is 17.0. The number of quaternary nitrogens is 1. The van der Waals surface area contributed by atoms with Gasteiger partial charge in [0.25, 0.3) is 0 Å². The van der Waals surface area contributed by atoms with Crippen LogP contribution < -0.4 is 4.74 Å². The van der Waals surface area contributed by atoms with E-state index in [0.29, 0.717) is 39.8 Å². The van der Waals surface area contributed by atoms with Gasteiger partial charge in [-0.1, -0.05) is 12.1 Å². The van der Waals surface area contributed by atoms with Gasteiger partial charge in [0.1, 0.15) is 11.9 Å². The van der Waals surface area contributed by atoms with E-state index in [2.05, 4.69) is 20.2 Å². The number of aliphatic hydroxyl groups is 1. The van der Waals surface area contributed by atoms with Gasteiger partial charge in [-0.3, -0.25) is 0 Å². The standard InChI is InChI=1S/C29H33N2O4S2/c1-31(2,14-5-15-34-22-11-8-20(19-30)9-12-22)24-18-21-10-13-23(24)27(21)35-28(32)29(33,25-6-3-16-36-25)26-7-4-17-37-26/h3-4,6-9,11-12,16-17,21,23-24,27,33H,5,10,13-15,18H2,1-2H3/q+1/t21?,23?,24-,27?/m0/s1. The maximum atomic E-state index is 13.6. The lowest BCUT2D eigenvalue weighted by atomic mass is 9.92. The SMILES string of the molecule is C[N+](C)(CCCOc1ccc(C#N)cc1)[C@H]1CC2CCC1C2OC(=O)C(O)(c1cccs1)c1cccs1. The molecule has 194 valence electrons. The molecule has 5 rings (SSSR count). The van der Waals surface area contributed by atoms with Crippen LogP contribution in [0.2, 0.25) is 0 Å². The van der Waals surface area contributed by atoms with E-state index in [1.165, 1.54) is 22.7 Å². The summed E-state index contributed by atoms with van der Waals surface area (Å²) in [5.74, 6) is 0.850. The maximum absolute atomic E-state index is 13.6. The molecule has 4 atom stereocenters. The zero-order chi connectivity index (χ0) is 26.0. The van der Waals surface area contributed by atoms with Gasteiger partial charge in [0.15, 0.2) is 0 Å². The second kappa shape index (κ2) is 10.6. The molecule has 8 heteroatoms. The van der Waals surface area contributed by atoms with E-state index in [1.807, 2.05) is 35.0 Å². The highest BCUT2D eigenvalue weighted by molar-refractivity contribution is 7.12. The summed E-state index contributed by atoms with van der Waals surface area (Å²) in [4.78, 5) is 14.8. The number of fused-ring (bicyclic) bond motifs is 2. The normalized spacial score (nSPS) is 23.1. The molecule has 6 nitrogen and oxygen atoms in total. The fraction of sp³-hybridized carbons (Fsp3) is 0.448. The Morgan fingerprint density at radius 1 is 1.11 bits per heavy atom. The van der Waals surface area contributed by atoms with Crippen molar-refractivity contribution in [2.24, 2.45) is 11.8 Å². The number of esters is 1. The second-order valence-corrected chi connectivity index (χ2v) is 12.6. The van der Waals surface area contributed by atoms with Gasteiger partial charge in [0.2, 0.25) is 5.60 Å². The van der Waals surface area contributed by atoms with Crippen molar-refractivity contribution in [1.29, 1.82) is 5.26 Å². The average Bonchev–Trinajstić information content (AvgIpc) is 3.72. The first-order chi connectivity index (χ1) is 17.8. The number of nitrogens with zero attached hydrogens (tertiary/aromatic N) is 2. The molecule has 1 aromatic carbocycles. The summed E-state index contributed by atoms with van der Waals surface area (Å²) >= 11 is 2.75. The van der Waals surface area contributed by atoms with E-state index < -0.39 is 11.6 Å². The minimum absolute atomic E-state index is 0.156. The van der Waals surface area contributed by atoms with Crippen LogP contribution in [-0.2, 0) is 15.1 Å². The van der Waals surface area contributed by atoms with E-state index in [4.69, 9.17) is 14.7 Å². The Labute approximate surface area is 226 Å². The second-order valence-electron chi connectivity index (χ2n) is 10.7. The molecular formula is C29H33N2O4S2+.